The molecule has 1 atom stereocenters. The van der Waals surface area contributed by atoms with Gasteiger partial charge in [0.2, 0.25) is 5.91 Å². The van der Waals surface area contributed by atoms with Gasteiger partial charge in [-0.3, -0.25) is 10.1 Å². The Labute approximate surface area is 115 Å². The Kier molecular flexibility index (Phi) is 3.77. The lowest BCUT2D eigenvalue weighted by molar-refractivity contribution is -0.137. The Bertz CT molecular complexity index is 494. The second kappa shape index (κ2) is 5.09. The highest BCUT2D eigenvalue weighted by Crippen LogP contribution is 2.32. The molecule has 0 heterocycles. The summed E-state index contributed by atoms with van der Waals surface area (Å²) in [7, 11) is 0. The number of amides is 1. The molecule has 6 heteroatoms. The number of rotatable bonds is 5. The molecule has 1 unspecified atom stereocenters. The van der Waals surface area contributed by atoms with Crippen LogP contribution in [0.3, 0.4) is 0 Å². The smallest absolute Gasteiger partial charge is 0.368 e. The average Bonchev–Trinajstić information content (AvgIpc) is 3.19. The van der Waals surface area contributed by atoms with Crippen LogP contribution in [-0.4, -0.2) is 12.5 Å². The van der Waals surface area contributed by atoms with E-state index in [-0.39, 0.29) is 0 Å². The number of halogens is 3. The van der Waals surface area contributed by atoms with Crippen LogP contribution in [0.5, 0.6) is 0 Å². The molecule has 0 bridgehead atoms. The van der Waals surface area contributed by atoms with Gasteiger partial charge in [0.15, 0.2) is 0 Å². The number of carbonyl (C=O) groups excluding carboxylic acids is 1. The summed E-state index contributed by atoms with van der Waals surface area (Å²) in [6.07, 6.45) is -2.17. The maximum atomic E-state index is 12.5. The van der Waals surface area contributed by atoms with Crippen LogP contribution < -0.4 is 11.1 Å². The average molecular weight is 286 g/mol. The van der Waals surface area contributed by atoms with Crippen LogP contribution >= 0.6 is 0 Å². The summed E-state index contributed by atoms with van der Waals surface area (Å²) in [4.78, 5) is 11.7. The fourth-order valence-electron chi connectivity index (χ4n) is 1.99. The summed E-state index contributed by atoms with van der Waals surface area (Å²) in [5.74, 6) is -0.0685. The van der Waals surface area contributed by atoms with E-state index in [4.69, 9.17) is 5.73 Å². The summed E-state index contributed by atoms with van der Waals surface area (Å²) < 4.78 is 37.6. The summed E-state index contributed by atoms with van der Waals surface area (Å²) in [5.41, 5.74) is 3.97. The van der Waals surface area contributed by atoms with Crippen molar-refractivity contribution >= 4 is 5.91 Å². The Hall–Kier alpha value is -1.56. The van der Waals surface area contributed by atoms with Crippen LogP contribution in [-0.2, 0) is 16.5 Å². The minimum absolute atomic E-state index is 0.443. The Morgan fingerprint density at radius 3 is 2.15 bits per heavy atom. The largest absolute Gasteiger partial charge is 0.416 e. The van der Waals surface area contributed by atoms with E-state index in [9.17, 15) is 18.0 Å². The first-order valence-corrected chi connectivity index (χ1v) is 6.46. The van der Waals surface area contributed by atoms with Crippen LogP contribution in [0.15, 0.2) is 24.3 Å². The first-order valence-electron chi connectivity index (χ1n) is 6.46. The molecule has 0 saturated heterocycles. The molecule has 3 nitrogen and oxygen atoms in total. The molecule has 0 aliphatic heterocycles. The van der Waals surface area contributed by atoms with Crippen LogP contribution in [0, 0.1) is 5.92 Å². The molecular weight excluding hydrogens is 269 g/mol. The number of alkyl halides is 3. The quantitative estimate of drug-likeness (QED) is 0.873. The summed E-state index contributed by atoms with van der Waals surface area (Å²) in [6.45, 7) is 2.24. The number of primary amides is 1. The molecule has 1 aromatic rings. The third kappa shape index (κ3) is 3.12. The number of nitrogens with one attached hydrogen (secondary N) is 1. The first-order chi connectivity index (χ1) is 9.23. The van der Waals surface area contributed by atoms with Crippen molar-refractivity contribution in [2.75, 3.05) is 6.54 Å². The molecule has 1 aliphatic rings. The normalized spacial score (nSPS) is 18.6. The second-order valence-electron chi connectivity index (χ2n) is 5.39. The van der Waals surface area contributed by atoms with Gasteiger partial charge >= 0.3 is 6.18 Å². The molecule has 1 saturated carbocycles. The fourth-order valence-corrected chi connectivity index (χ4v) is 1.99. The highest BCUT2D eigenvalue weighted by atomic mass is 19.4. The Morgan fingerprint density at radius 2 is 1.75 bits per heavy atom. The molecule has 0 radical (unpaired) electrons. The van der Waals surface area contributed by atoms with Crippen LogP contribution in [0.1, 0.15) is 30.9 Å². The molecule has 2 rings (SSSR count). The van der Waals surface area contributed by atoms with Crippen molar-refractivity contribution in [1.29, 1.82) is 0 Å². The van der Waals surface area contributed by atoms with E-state index in [0.29, 0.717) is 18.0 Å². The van der Waals surface area contributed by atoms with Gasteiger partial charge in [0.25, 0.3) is 0 Å². The SMILES string of the molecule is CC(NCC1CC1)(C(N)=O)c1ccc(C(F)(F)F)cc1. The van der Waals surface area contributed by atoms with Crippen molar-refractivity contribution in [2.45, 2.75) is 31.5 Å². The van der Waals surface area contributed by atoms with E-state index < -0.39 is 23.2 Å². The zero-order valence-corrected chi connectivity index (χ0v) is 11.1. The molecule has 1 aliphatic carbocycles. The molecular formula is C14H17F3N2O. The third-order valence-electron chi connectivity index (χ3n) is 3.72. The number of hydrogen-bond donors (Lipinski definition) is 2. The predicted octanol–water partition coefficient (Wildman–Crippen LogP) is 2.41. The number of carbonyl (C=O) groups is 1. The van der Waals surface area contributed by atoms with Crippen molar-refractivity contribution in [2.24, 2.45) is 11.7 Å². The van der Waals surface area contributed by atoms with Gasteiger partial charge < -0.3 is 5.73 Å². The lowest BCUT2D eigenvalue weighted by Gasteiger charge is -2.28. The van der Waals surface area contributed by atoms with E-state index >= 15 is 0 Å². The number of nitrogens with two attached hydrogens (primary N) is 1. The summed E-state index contributed by atoms with van der Waals surface area (Å²) in [5, 5.41) is 3.08. The molecule has 0 spiro atoms. The zero-order valence-electron chi connectivity index (χ0n) is 11.1. The van der Waals surface area contributed by atoms with Crippen LogP contribution in [0.25, 0.3) is 0 Å². The third-order valence-corrected chi connectivity index (χ3v) is 3.72. The fraction of sp³-hybridized carbons (Fsp3) is 0.500. The van der Waals surface area contributed by atoms with Gasteiger partial charge in [-0.25, -0.2) is 0 Å². The molecule has 1 aromatic carbocycles. The maximum absolute atomic E-state index is 12.5. The van der Waals surface area contributed by atoms with Gasteiger partial charge in [-0.1, -0.05) is 12.1 Å². The van der Waals surface area contributed by atoms with E-state index in [1.165, 1.54) is 12.1 Å². The molecule has 3 N–H and O–H groups in total. The van der Waals surface area contributed by atoms with Gasteiger partial charge in [0, 0.05) is 0 Å². The van der Waals surface area contributed by atoms with E-state index in [1.807, 2.05) is 0 Å². The zero-order chi connectivity index (χ0) is 15.0. The van der Waals surface area contributed by atoms with Crippen molar-refractivity contribution < 1.29 is 18.0 Å². The van der Waals surface area contributed by atoms with Crippen molar-refractivity contribution in [3.05, 3.63) is 35.4 Å². The van der Waals surface area contributed by atoms with Crippen LogP contribution in [0.4, 0.5) is 13.2 Å². The monoisotopic (exact) mass is 286 g/mol. The highest BCUT2D eigenvalue weighted by molar-refractivity contribution is 5.85. The molecule has 1 amide bonds. The Balaban J connectivity index is 2.22. The number of hydrogen-bond acceptors (Lipinski definition) is 2. The van der Waals surface area contributed by atoms with Gasteiger partial charge in [0.05, 0.1) is 5.56 Å². The van der Waals surface area contributed by atoms with Gasteiger partial charge in [-0.15, -0.1) is 0 Å². The standard InChI is InChI=1S/C14H17F3N2O/c1-13(12(18)20,19-8-9-2-3-9)10-4-6-11(7-5-10)14(15,16)17/h4-7,9,19H,2-3,8H2,1H3,(H2,18,20). The molecule has 110 valence electrons. The van der Waals surface area contributed by atoms with Gasteiger partial charge in [-0.2, -0.15) is 13.2 Å². The van der Waals surface area contributed by atoms with Crippen molar-refractivity contribution in [3.63, 3.8) is 0 Å². The lowest BCUT2D eigenvalue weighted by atomic mass is 9.90. The van der Waals surface area contributed by atoms with Crippen LogP contribution in [0.2, 0.25) is 0 Å². The summed E-state index contributed by atoms with van der Waals surface area (Å²) in [6, 6.07) is 4.53. The Morgan fingerprint density at radius 1 is 1.25 bits per heavy atom. The van der Waals surface area contributed by atoms with Gasteiger partial charge in [-0.05, 0) is 49.9 Å². The minimum atomic E-state index is -4.39. The van der Waals surface area contributed by atoms with E-state index in [0.717, 1.165) is 25.0 Å². The second-order valence-corrected chi connectivity index (χ2v) is 5.39. The van der Waals surface area contributed by atoms with E-state index in [1.54, 1.807) is 6.92 Å². The van der Waals surface area contributed by atoms with Crippen molar-refractivity contribution in [1.82, 2.24) is 5.32 Å². The highest BCUT2D eigenvalue weighted by Gasteiger charge is 2.36. The van der Waals surface area contributed by atoms with Crippen molar-refractivity contribution in [3.8, 4) is 0 Å². The lowest BCUT2D eigenvalue weighted by Crippen LogP contribution is -2.51. The molecule has 1 fully saturated rings. The topological polar surface area (TPSA) is 55.1 Å². The first kappa shape index (κ1) is 14.8. The number of benzene rings is 1. The van der Waals surface area contributed by atoms with Gasteiger partial charge in [0.1, 0.15) is 5.54 Å². The molecule has 0 aromatic heterocycles. The predicted molar refractivity (Wildman–Crippen MR) is 68.7 cm³/mol. The summed E-state index contributed by atoms with van der Waals surface area (Å²) >= 11 is 0. The van der Waals surface area contributed by atoms with E-state index in [2.05, 4.69) is 5.32 Å². The minimum Gasteiger partial charge on any atom is -0.368 e. The maximum Gasteiger partial charge on any atom is 0.416 e. The molecule has 20 heavy (non-hydrogen) atoms.